The van der Waals surface area contributed by atoms with E-state index in [1.54, 1.807) is 30.9 Å². The molecule has 0 aliphatic carbocycles. The lowest BCUT2D eigenvalue weighted by Gasteiger charge is -2.39. The maximum Gasteiger partial charge on any atom is 0.274 e. The van der Waals surface area contributed by atoms with Crippen LogP contribution < -0.4 is 0 Å². The Labute approximate surface area is 204 Å². The number of benzene rings is 1. The summed E-state index contributed by atoms with van der Waals surface area (Å²) in [6.07, 6.45) is 0.837. The minimum atomic E-state index is -3.04. The van der Waals surface area contributed by atoms with Crippen LogP contribution >= 0.6 is 0 Å². The van der Waals surface area contributed by atoms with Crippen molar-refractivity contribution in [2.45, 2.75) is 71.4 Å². The molecule has 9 heteroatoms. The topological polar surface area (TPSA) is 78.7 Å². The van der Waals surface area contributed by atoms with Gasteiger partial charge in [-0.3, -0.25) is 14.3 Å². The van der Waals surface area contributed by atoms with Gasteiger partial charge in [-0.05, 0) is 63.6 Å². The number of alkyl halides is 2. The first-order chi connectivity index (χ1) is 16.5. The van der Waals surface area contributed by atoms with Gasteiger partial charge in [-0.25, -0.2) is 8.78 Å². The number of hydrogen-bond acceptors (Lipinski definition) is 4. The van der Waals surface area contributed by atoms with E-state index in [1.165, 1.54) is 9.58 Å². The van der Waals surface area contributed by atoms with Crippen LogP contribution in [0.25, 0.3) is 0 Å². The molecule has 1 aromatic carbocycles. The van der Waals surface area contributed by atoms with Crippen LogP contribution in [0.4, 0.5) is 8.78 Å². The van der Waals surface area contributed by atoms with E-state index in [1.807, 2.05) is 19.9 Å². The predicted octanol–water partition coefficient (Wildman–Crippen LogP) is 3.37. The van der Waals surface area contributed by atoms with Gasteiger partial charge in [0.15, 0.2) is 5.69 Å². The van der Waals surface area contributed by atoms with Crippen LogP contribution in [-0.2, 0) is 11.3 Å². The molecule has 1 N–H and O–H groups in total. The molecule has 2 saturated heterocycles. The Balaban J connectivity index is 1.45. The normalized spacial score (nSPS) is 20.8. The van der Waals surface area contributed by atoms with Crippen LogP contribution in [-0.4, -0.2) is 74.7 Å². The molecule has 0 saturated carbocycles. The Bertz CT molecular complexity index is 1120. The van der Waals surface area contributed by atoms with Gasteiger partial charge in [-0.15, -0.1) is 0 Å². The average Bonchev–Trinajstić information content (AvgIpc) is 3.09. The van der Waals surface area contributed by atoms with Gasteiger partial charge in [0.25, 0.3) is 11.8 Å². The minimum absolute atomic E-state index is 0.185. The van der Waals surface area contributed by atoms with Gasteiger partial charge in [0.2, 0.25) is 5.91 Å². The molecule has 0 radical (unpaired) electrons. The quantitative estimate of drug-likeness (QED) is 0.716. The fraction of sp³-hybridized carbons (Fsp3) is 0.577. The Hall–Kier alpha value is -2.81. The third kappa shape index (κ3) is 4.96. The number of likely N-dealkylation sites (tertiary alicyclic amines) is 2. The molecule has 190 valence electrons. The highest BCUT2D eigenvalue weighted by molar-refractivity contribution is 5.94. The zero-order valence-electron chi connectivity index (χ0n) is 20.9. The molecule has 2 amide bonds. The summed E-state index contributed by atoms with van der Waals surface area (Å²) in [4.78, 5) is 28.8. The van der Waals surface area contributed by atoms with Crippen molar-refractivity contribution in [1.82, 2.24) is 19.6 Å². The highest BCUT2D eigenvalue weighted by Crippen LogP contribution is 2.42. The summed E-state index contributed by atoms with van der Waals surface area (Å²) in [5.41, 5.74) is 4.11. The lowest BCUT2D eigenvalue weighted by molar-refractivity contribution is -0.145. The molecule has 1 aromatic heterocycles. The molecular formula is C26H34F2N4O3. The maximum atomic E-state index is 15.2. The van der Waals surface area contributed by atoms with Crippen LogP contribution in [0.2, 0.25) is 0 Å². The molecule has 1 atom stereocenters. The van der Waals surface area contributed by atoms with Gasteiger partial charge in [0, 0.05) is 30.9 Å². The number of amides is 2. The van der Waals surface area contributed by atoms with E-state index in [0.29, 0.717) is 42.8 Å². The molecule has 0 bridgehead atoms. The summed E-state index contributed by atoms with van der Waals surface area (Å²) in [6.45, 7) is 7.65. The predicted molar refractivity (Wildman–Crippen MR) is 128 cm³/mol. The van der Waals surface area contributed by atoms with Crippen LogP contribution in [0, 0.1) is 27.7 Å². The van der Waals surface area contributed by atoms with Gasteiger partial charge < -0.3 is 14.9 Å². The molecule has 2 aromatic rings. The van der Waals surface area contributed by atoms with Crippen molar-refractivity contribution < 1.29 is 23.5 Å². The maximum absolute atomic E-state index is 15.2. The number of hydrogen-bond donors (Lipinski definition) is 1. The highest BCUT2D eigenvalue weighted by Gasteiger charge is 2.47. The van der Waals surface area contributed by atoms with Crippen molar-refractivity contribution in [1.29, 1.82) is 0 Å². The summed E-state index contributed by atoms with van der Waals surface area (Å²) in [5, 5.41) is 14.1. The second-order valence-electron chi connectivity index (χ2n) is 9.95. The van der Waals surface area contributed by atoms with Crippen LogP contribution in [0.3, 0.4) is 0 Å². The third-order valence-corrected chi connectivity index (χ3v) is 7.72. The van der Waals surface area contributed by atoms with Crippen LogP contribution in [0.15, 0.2) is 18.2 Å². The van der Waals surface area contributed by atoms with Gasteiger partial charge in [0.05, 0.1) is 18.6 Å². The third-order valence-electron chi connectivity index (χ3n) is 7.72. The van der Waals surface area contributed by atoms with Crippen LogP contribution in [0.5, 0.6) is 0 Å². The number of halogens is 2. The highest BCUT2D eigenvalue weighted by atomic mass is 19.3. The van der Waals surface area contributed by atoms with Gasteiger partial charge in [0.1, 0.15) is 6.54 Å². The Morgan fingerprint density at radius 3 is 2.34 bits per heavy atom. The SMILES string of the molecule is Cc1cccc(C2CCN(C(=O)Cn3nc(C(=O)N4CCC(O)CC4)c(C)c3C)CC2(F)F)c1C. The monoisotopic (exact) mass is 488 g/mol. The first-order valence-corrected chi connectivity index (χ1v) is 12.2. The number of nitrogens with zero attached hydrogens (tertiary/aromatic N) is 4. The molecule has 35 heavy (non-hydrogen) atoms. The number of rotatable bonds is 4. The van der Waals surface area contributed by atoms with Crippen molar-refractivity contribution in [2.24, 2.45) is 0 Å². The average molecular weight is 489 g/mol. The van der Waals surface area contributed by atoms with Crippen LogP contribution in [0.1, 0.15) is 63.6 Å². The Morgan fingerprint density at radius 2 is 1.69 bits per heavy atom. The zero-order chi connectivity index (χ0) is 25.5. The number of aryl methyl sites for hydroxylation is 1. The van der Waals surface area contributed by atoms with E-state index in [-0.39, 0.29) is 31.1 Å². The second kappa shape index (κ2) is 9.68. The molecular weight excluding hydrogens is 454 g/mol. The number of aliphatic hydroxyl groups is 1. The largest absolute Gasteiger partial charge is 0.393 e. The minimum Gasteiger partial charge on any atom is -0.393 e. The lowest BCUT2D eigenvalue weighted by atomic mass is 9.83. The first kappa shape index (κ1) is 25.3. The molecule has 7 nitrogen and oxygen atoms in total. The molecule has 0 spiro atoms. The standard InChI is InChI=1S/C26H34F2N4O3/c1-16-6-5-7-21(17(16)2)22-10-13-31(15-26(22,27)28)23(34)14-32-19(4)18(3)24(29-32)25(35)30-11-8-20(33)9-12-30/h5-7,20,22,33H,8-15H2,1-4H3. The smallest absolute Gasteiger partial charge is 0.274 e. The Morgan fingerprint density at radius 1 is 1.03 bits per heavy atom. The van der Waals surface area contributed by atoms with E-state index in [9.17, 15) is 14.7 Å². The van der Waals surface area contributed by atoms with E-state index >= 15 is 8.78 Å². The summed E-state index contributed by atoms with van der Waals surface area (Å²) in [6, 6.07) is 5.48. The van der Waals surface area contributed by atoms with E-state index in [2.05, 4.69) is 5.10 Å². The fourth-order valence-electron chi connectivity index (χ4n) is 5.13. The van der Waals surface area contributed by atoms with Crippen molar-refractivity contribution in [2.75, 3.05) is 26.2 Å². The summed E-state index contributed by atoms with van der Waals surface area (Å²) < 4.78 is 31.9. The number of piperidine rings is 2. The van der Waals surface area contributed by atoms with Crippen molar-refractivity contribution in [3.05, 3.63) is 51.8 Å². The molecule has 4 rings (SSSR count). The van der Waals surface area contributed by atoms with E-state index < -0.39 is 30.4 Å². The number of carbonyl (C=O) groups is 2. The molecule has 2 aliphatic heterocycles. The molecule has 3 heterocycles. The lowest BCUT2D eigenvalue weighted by Crippen LogP contribution is -2.50. The summed E-state index contributed by atoms with van der Waals surface area (Å²) >= 11 is 0. The first-order valence-electron chi connectivity index (χ1n) is 12.2. The number of aromatic nitrogens is 2. The molecule has 2 fully saturated rings. The van der Waals surface area contributed by atoms with Gasteiger partial charge >= 0.3 is 0 Å². The van der Waals surface area contributed by atoms with E-state index in [0.717, 1.165) is 11.1 Å². The Kier molecular flexibility index (Phi) is 6.99. The summed E-state index contributed by atoms with van der Waals surface area (Å²) in [7, 11) is 0. The van der Waals surface area contributed by atoms with Crippen molar-refractivity contribution >= 4 is 11.8 Å². The van der Waals surface area contributed by atoms with Crippen molar-refractivity contribution in [3.63, 3.8) is 0 Å². The zero-order valence-corrected chi connectivity index (χ0v) is 20.9. The second-order valence-corrected chi connectivity index (χ2v) is 9.95. The fourth-order valence-corrected chi connectivity index (χ4v) is 5.13. The van der Waals surface area contributed by atoms with Crippen molar-refractivity contribution in [3.8, 4) is 0 Å². The van der Waals surface area contributed by atoms with Gasteiger partial charge in [-0.1, -0.05) is 18.2 Å². The van der Waals surface area contributed by atoms with E-state index in [4.69, 9.17) is 0 Å². The molecule has 1 unspecified atom stereocenters. The number of aliphatic hydroxyl groups excluding tert-OH is 1. The number of carbonyl (C=O) groups excluding carboxylic acids is 2. The summed E-state index contributed by atoms with van der Waals surface area (Å²) in [5.74, 6) is -4.63. The van der Waals surface area contributed by atoms with Gasteiger partial charge in [-0.2, -0.15) is 5.10 Å². The molecule has 2 aliphatic rings.